The number of hydrogen-bond acceptors (Lipinski definition) is 4. The van der Waals surface area contributed by atoms with Crippen molar-refractivity contribution in [2.24, 2.45) is 0 Å². The standard InChI is InChI=1S/C17H19N3S/c1-10-11(2)21-15-13(10)14(18)19-16(20-15)17(3,4)12-8-6-5-7-9-12/h5-9H,1-4H3,(H2,18,19,20). The summed E-state index contributed by atoms with van der Waals surface area (Å²) < 4.78 is 0. The van der Waals surface area contributed by atoms with Crippen molar-refractivity contribution in [1.82, 2.24) is 9.97 Å². The summed E-state index contributed by atoms with van der Waals surface area (Å²) in [6, 6.07) is 10.3. The van der Waals surface area contributed by atoms with E-state index in [-0.39, 0.29) is 5.41 Å². The molecule has 3 nitrogen and oxygen atoms in total. The number of nitrogens with zero attached hydrogens (tertiary/aromatic N) is 2. The van der Waals surface area contributed by atoms with Crippen LogP contribution in [0.4, 0.5) is 5.82 Å². The van der Waals surface area contributed by atoms with Gasteiger partial charge in [0.2, 0.25) is 0 Å². The highest BCUT2D eigenvalue weighted by Crippen LogP contribution is 2.36. The van der Waals surface area contributed by atoms with E-state index in [0.717, 1.165) is 16.0 Å². The Morgan fingerprint density at radius 1 is 1.05 bits per heavy atom. The van der Waals surface area contributed by atoms with Gasteiger partial charge in [-0.3, -0.25) is 0 Å². The second kappa shape index (κ2) is 4.81. The maximum Gasteiger partial charge on any atom is 0.142 e. The lowest BCUT2D eigenvalue weighted by molar-refractivity contribution is 0.595. The highest BCUT2D eigenvalue weighted by Gasteiger charge is 2.28. The number of aromatic nitrogens is 2. The summed E-state index contributed by atoms with van der Waals surface area (Å²) in [5, 5.41) is 1.00. The van der Waals surface area contributed by atoms with E-state index in [9.17, 15) is 0 Å². The molecule has 2 heterocycles. The first-order valence-corrected chi connectivity index (χ1v) is 7.82. The first-order chi connectivity index (χ1) is 9.91. The lowest BCUT2D eigenvalue weighted by Crippen LogP contribution is -2.22. The Labute approximate surface area is 128 Å². The van der Waals surface area contributed by atoms with Crippen LogP contribution in [0.15, 0.2) is 30.3 Å². The minimum Gasteiger partial charge on any atom is -0.383 e. The van der Waals surface area contributed by atoms with E-state index in [1.165, 1.54) is 16.0 Å². The summed E-state index contributed by atoms with van der Waals surface area (Å²) in [6.45, 7) is 8.45. The summed E-state index contributed by atoms with van der Waals surface area (Å²) in [7, 11) is 0. The molecule has 0 saturated heterocycles. The fourth-order valence-corrected chi connectivity index (χ4v) is 3.58. The molecule has 2 aromatic heterocycles. The third kappa shape index (κ3) is 2.20. The lowest BCUT2D eigenvalue weighted by atomic mass is 9.84. The predicted molar refractivity (Wildman–Crippen MR) is 89.9 cm³/mol. The Morgan fingerprint density at radius 3 is 2.38 bits per heavy atom. The fourth-order valence-electron chi connectivity index (χ4n) is 2.54. The highest BCUT2D eigenvalue weighted by molar-refractivity contribution is 7.18. The monoisotopic (exact) mass is 297 g/mol. The van der Waals surface area contributed by atoms with Crippen LogP contribution >= 0.6 is 11.3 Å². The van der Waals surface area contributed by atoms with Gasteiger partial charge in [-0.05, 0) is 38.8 Å². The molecule has 3 rings (SSSR count). The van der Waals surface area contributed by atoms with Crippen LogP contribution in [0.25, 0.3) is 10.2 Å². The molecule has 0 aliphatic carbocycles. The third-order valence-corrected chi connectivity index (χ3v) is 5.21. The molecule has 3 aromatic rings. The Balaban J connectivity index is 2.22. The van der Waals surface area contributed by atoms with E-state index in [2.05, 4.69) is 44.8 Å². The van der Waals surface area contributed by atoms with E-state index in [1.807, 2.05) is 18.2 Å². The van der Waals surface area contributed by atoms with Gasteiger partial charge in [-0.2, -0.15) is 0 Å². The number of anilines is 1. The molecule has 0 amide bonds. The van der Waals surface area contributed by atoms with Gasteiger partial charge in [-0.25, -0.2) is 9.97 Å². The van der Waals surface area contributed by atoms with Crippen molar-refractivity contribution in [1.29, 1.82) is 0 Å². The molecule has 0 unspecified atom stereocenters. The van der Waals surface area contributed by atoms with Gasteiger partial charge in [0.05, 0.1) is 5.39 Å². The van der Waals surface area contributed by atoms with Crippen LogP contribution in [-0.2, 0) is 5.41 Å². The number of hydrogen-bond donors (Lipinski definition) is 1. The summed E-state index contributed by atoms with van der Waals surface area (Å²) in [4.78, 5) is 11.6. The quantitative estimate of drug-likeness (QED) is 0.770. The fraction of sp³-hybridized carbons (Fsp3) is 0.294. The number of aryl methyl sites for hydroxylation is 2. The Hall–Kier alpha value is -1.94. The van der Waals surface area contributed by atoms with E-state index in [0.29, 0.717) is 5.82 Å². The predicted octanol–water partition coefficient (Wildman–Crippen LogP) is 4.22. The molecule has 1 aromatic carbocycles. The van der Waals surface area contributed by atoms with Gasteiger partial charge in [0.25, 0.3) is 0 Å². The van der Waals surface area contributed by atoms with Gasteiger partial charge < -0.3 is 5.73 Å². The minimum atomic E-state index is -0.268. The maximum atomic E-state index is 6.20. The van der Waals surface area contributed by atoms with Gasteiger partial charge >= 0.3 is 0 Å². The molecule has 21 heavy (non-hydrogen) atoms. The van der Waals surface area contributed by atoms with Crippen LogP contribution in [0.2, 0.25) is 0 Å². The average molecular weight is 297 g/mol. The first kappa shape index (κ1) is 14.0. The van der Waals surface area contributed by atoms with Crippen LogP contribution in [0, 0.1) is 13.8 Å². The summed E-state index contributed by atoms with van der Waals surface area (Å²) in [5.74, 6) is 1.36. The second-order valence-corrected chi connectivity index (χ2v) is 7.09. The third-order valence-electron chi connectivity index (χ3n) is 4.11. The van der Waals surface area contributed by atoms with Crippen molar-refractivity contribution >= 4 is 27.4 Å². The molecule has 0 spiro atoms. The normalized spacial score (nSPS) is 12.0. The maximum absolute atomic E-state index is 6.20. The average Bonchev–Trinajstić information content (AvgIpc) is 2.75. The number of rotatable bonds is 2. The largest absolute Gasteiger partial charge is 0.383 e. The lowest BCUT2D eigenvalue weighted by Gasteiger charge is -2.23. The Kier molecular flexibility index (Phi) is 3.21. The van der Waals surface area contributed by atoms with Crippen LogP contribution in [-0.4, -0.2) is 9.97 Å². The minimum absolute atomic E-state index is 0.268. The van der Waals surface area contributed by atoms with Crippen molar-refractivity contribution in [3.05, 3.63) is 52.2 Å². The zero-order chi connectivity index (χ0) is 15.2. The number of thiophene rings is 1. The van der Waals surface area contributed by atoms with E-state index in [1.54, 1.807) is 11.3 Å². The number of fused-ring (bicyclic) bond motifs is 1. The molecule has 0 saturated carbocycles. The van der Waals surface area contributed by atoms with Crippen LogP contribution in [0.1, 0.15) is 35.7 Å². The molecule has 108 valence electrons. The summed E-state index contributed by atoms with van der Waals surface area (Å²) in [5.41, 5.74) is 8.31. The van der Waals surface area contributed by atoms with Crippen molar-refractivity contribution in [2.75, 3.05) is 5.73 Å². The molecule has 0 radical (unpaired) electrons. The van der Waals surface area contributed by atoms with Crippen molar-refractivity contribution in [2.45, 2.75) is 33.1 Å². The van der Waals surface area contributed by atoms with Crippen LogP contribution in [0.5, 0.6) is 0 Å². The highest BCUT2D eigenvalue weighted by atomic mass is 32.1. The Morgan fingerprint density at radius 2 is 1.71 bits per heavy atom. The second-order valence-electron chi connectivity index (χ2n) is 5.89. The topological polar surface area (TPSA) is 51.8 Å². The van der Waals surface area contributed by atoms with E-state index >= 15 is 0 Å². The van der Waals surface area contributed by atoms with Crippen molar-refractivity contribution < 1.29 is 0 Å². The number of benzene rings is 1. The van der Waals surface area contributed by atoms with E-state index < -0.39 is 0 Å². The number of nitrogen functional groups attached to an aromatic ring is 1. The first-order valence-electron chi connectivity index (χ1n) is 7.00. The van der Waals surface area contributed by atoms with Crippen LogP contribution < -0.4 is 5.73 Å². The molecule has 0 bridgehead atoms. The zero-order valence-electron chi connectivity index (χ0n) is 12.8. The summed E-state index contributed by atoms with van der Waals surface area (Å²) in [6.07, 6.45) is 0. The Bertz CT molecular complexity index is 804. The molecule has 0 aliphatic rings. The molecule has 0 fully saturated rings. The van der Waals surface area contributed by atoms with Crippen molar-refractivity contribution in [3.63, 3.8) is 0 Å². The molecular weight excluding hydrogens is 278 g/mol. The van der Waals surface area contributed by atoms with Gasteiger partial charge in [-0.15, -0.1) is 11.3 Å². The van der Waals surface area contributed by atoms with Gasteiger partial charge in [0.1, 0.15) is 16.5 Å². The van der Waals surface area contributed by atoms with Gasteiger partial charge in [0.15, 0.2) is 0 Å². The number of nitrogens with two attached hydrogens (primary N) is 1. The smallest absolute Gasteiger partial charge is 0.142 e. The molecule has 0 aliphatic heterocycles. The zero-order valence-corrected chi connectivity index (χ0v) is 13.6. The van der Waals surface area contributed by atoms with Gasteiger partial charge in [0, 0.05) is 10.3 Å². The molecule has 0 atom stereocenters. The SMILES string of the molecule is Cc1sc2nc(C(C)(C)c3ccccc3)nc(N)c2c1C. The van der Waals surface area contributed by atoms with Crippen LogP contribution in [0.3, 0.4) is 0 Å². The summed E-state index contributed by atoms with van der Waals surface area (Å²) >= 11 is 1.69. The molecule has 4 heteroatoms. The molecule has 2 N–H and O–H groups in total. The van der Waals surface area contributed by atoms with Crippen molar-refractivity contribution in [3.8, 4) is 0 Å². The van der Waals surface area contributed by atoms with E-state index in [4.69, 9.17) is 10.7 Å². The molecular formula is C17H19N3S. The van der Waals surface area contributed by atoms with Gasteiger partial charge in [-0.1, -0.05) is 30.3 Å².